The number of ether oxygens (including phenoxy) is 5. The summed E-state index contributed by atoms with van der Waals surface area (Å²) in [4.78, 5) is 47.9. The number of aliphatic hydroxyl groups is 2. The number of rotatable bonds is 9. The van der Waals surface area contributed by atoms with Gasteiger partial charge >= 0.3 is 23.9 Å². The standard InChI is InChI=1S/C28H32O12/c1-13(24(31)32)38-25(33)14(2)37-20(30)12-17(29)26(34)39-19-8-10-28(35)16-5-4-9-27(28)21-15(11-16)6-7-18(36-3)22(21)40-23(19)27/h6-8,13-14,16-17,23,29,35H,4-5,9-12H2,1-3H3,(H,31,32)/t13-,14-,16-,17-,23+,27+,28-/m0/s1. The zero-order valence-corrected chi connectivity index (χ0v) is 22.4. The van der Waals surface area contributed by atoms with Gasteiger partial charge in [-0.3, -0.25) is 4.79 Å². The molecule has 7 atom stereocenters. The number of carboxylic acid groups (broad SMARTS) is 1. The predicted molar refractivity (Wildman–Crippen MR) is 133 cm³/mol. The lowest BCUT2D eigenvalue weighted by Crippen LogP contribution is -2.67. The summed E-state index contributed by atoms with van der Waals surface area (Å²) in [6, 6.07) is 3.81. The van der Waals surface area contributed by atoms with Crippen LogP contribution in [0.3, 0.4) is 0 Å². The van der Waals surface area contributed by atoms with E-state index in [2.05, 4.69) is 4.74 Å². The Morgan fingerprint density at radius 2 is 1.88 bits per heavy atom. The van der Waals surface area contributed by atoms with Crippen molar-refractivity contribution in [2.75, 3.05) is 7.11 Å². The second-order valence-corrected chi connectivity index (χ2v) is 10.8. The number of carboxylic acids is 1. The van der Waals surface area contributed by atoms with E-state index in [-0.39, 0.29) is 18.1 Å². The van der Waals surface area contributed by atoms with Crippen LogP contribution >= 0.6 is 0 Å². The van der Waals surface area contributed by atoms with Crippen LogP contribution in [0.1, 0.15) is 57.1 Å². The SMILES string of the molecule is COc1ccc2c3c1O[C@@H]1C(OC(=O)[C@@H](O)CC(=O)O[C@@H](C)C(=O)O[C@@H](C)C(=O)O)=CC[C@]4(O)[C@@H](CCC[C@@]314)C2. The van der Waals surface area contributed by atoms with Crippen molar-refractivity contribution in [2.45, 2.75) is 87.8 Å². The fourth-order valence-electron chi connectivity index (χ4n) is 6.72. The molecule has 1 aromatic rings. The molecule has 40 heavy (non-hydrogen) atoms. The number of hydrogen-bond acceptors (Lipinski definition) is 11. The Morgan fingerprint density at radius 3 is 2.58 bits per heavy atom. The van der Waals surface area contributed by atoms with Gasteiger partial charge in [0.1, 0.15) is 5.76 Å². The minimum Gasteiger partial charge on any atom is -0.493 e. The molecular formula is C28H32O12. The lowest BCUT2D eigenvalue weighted by Gasteiger charge is -2.59. The molecule has 0 unspecified atom stereocenters. The third kappa shape index (κ3) is 4.21. The fourth-order valence-corrected chi connectivity index (χ4v) is 6.72. The van der Waals surface area contributed by atoms with Gasteiger partial charge in [0.15, 0.2) is 35.9 Å². The molecule has 1 aliphatic heterocycles. The van der Waals surface area contributed by atoms with Crippen LogP contribution in [0.2, 0.25) is 0 Å². The second kappa shape index (κ2) is 10.1. The summed E-state index contributed by atoms with van der Waals surface area (Å²) in [6.45, 7) is 2.31. The maximum absolute atomic E-state index is 12.9. The predicted octanol–water partition coefficient (Wildman–Crippen LogP) is 1.31. The maximum Gasteiger partial charge on any atom is 0.347 e. The second-order valence-electron chi connectivity index (χ2n) is 10.8. The lowest BCUT2D eigenvalue weighted by atomic mass is 9.47. The van der Waals surface area contributed by atoms with Crippen LogP contribution in [0.15, 0.2) is 24.0 Å². The van der Waals surface area contributed by atoms with Gasteiger partial charge in [-0.15, -0.1) is 0 Å². The number of carbonyl (C=O) groups is 4. The zero-order valence-electron chi connectivity index (χ0n) is 22.4. The van der Waals surface area contributed by atoms with Gasteiger partial charge in [0, 0.05) is 5.56 Å². The molecule has 1 fully saturated rings. The van der Waals surface area contributed by atoms with E-state index >= 15 is 0 Å². The molecule has 0 aromatic heterocycles. The third-order valence-electron chi connectivity index (χ3n) is 8.60. The average molecular weight is 561 g/mol. The molecule has 1 aromatic carbocycles. The van der Waals surface area contributed by atoms with Gasteiger partial charge in [-0.25, -0.2) is 14.4 Å². The Kier molecular flexibility index (Phi) is 7.03. The topological polar surface area (TPSA) is 175 Å². The molecule has 12 nitrogen and oxygen atoms in total. The first kappa shape index (κ1) is 27.9. The molecule has 0 radical (unpaired) electrons. The Hall–Kier alpha value is -3.64. The molecular weight excluding hydrogens is 528 g/mol. The number of hydrogen-bond donors (Lipinski definition) is 3. The molecule has 0 amide bonds. The summed E-state index contributed by atoms with van der Waals surface area (Å²) >= 11 is 0. The highest BCUT2D eigenvalue weighted by Gasteiger charge is 2.71. The van der Waals surface area contributed by atoms with E-state index < -0.39 is 65.7 Å². The fraction of sp³-hybridized carbons (Fsp3) is 0.571. The monoisotopic (exact) mass is 560 g/mol. The van der Waals surface area contributed by atoms with Gasteiger partial charge in [-0.2, -0.15) is 0 Å². The molecule has 0 saturated heterocycles. The van der Waals surface area contributed by atoms with Crippen LogP contribution in [0, 0.1) is 5.92 Å². The van der Waals surface area contributed by atoms with Gasteiger partial charge in [0.2, 0.25) is 0 Å². The summed E-state index contributed by atoms with van der Waals surface area (Å²) in [5.41, 5.74) is -0.0284. The molecule has 1 heterocycles. The summed E-state index contributed by atoms with van der Waals surface area (Å²) in [5.74, 6) is -3.54. The number of carbonyl (C=O) groups excluding carboxylic acids is 3. The first-order valence-corrected chi connectivity index (χ1v) is 13.2. The summed E-state index contributed by atoms with van der Waals surface area (Å²) in [7, 11) is 1.53. The normalized spacial score (nSPS) is 29.5. The number of methoxy groups -OCH3 is 1. The molecule has 4 aliphatic rings. The third-order valence-corrected chi connectivity index (χ3v) is 8.60. The number of aliphatic hydroxyl groups excluding tert-OH is 1. The van der Waals surface area contributed by atoms with Crippen molar-refractivity contribution in [1.82, 2.24) is 0 Å². The minimum atomic E-state index is -1.92. The van der Waals surface area contributed by atoms with E-state index in [0.29, 0.717) is 24.3 Å². The van der Waals surface area contributed by atoms with E-state index in [1.54, 1.807) is 6.08 Å². The first-order valence-electron chi connectivity index (χ1n) is 13.2. The summed E-state index contributed by atoms with van der Waals surface area (Å²) < 4.78 is 27.0. The number of aliphatic carboxylic acids is 1. The van der Waals surface area contributed by atoms with Crippen LogP contribution in [-0.4, -0.2) is 76.3 Å². The maximum atomic E-state index is 12.9. The Morgan fingerprint density at radius 1 is 1.12 bits per heavy atom. The van der Waals surface area contributed by atoms with E-state index in [0.717, 1.165) is 30.9 Å². The van der Waals surface area contributed by atoms with Crippen molar-refractivity contribution in [3.05, 3.63) is 35.1 Å². The van der Waals surface area contributed by atoms with Crippen molar-refractivity contribution in [2.24, 2.45) is 5.92 Å². The Labute approximate surface area is 229 Å². The minimum absolute atomic E-state index is 0.000206. The van der Waals surface area contributed by atoms with Crippen LogP contribution in [0.4, 0.5) is 0 Å². The smallest absolute Gasteiger partial charge is 0.347 e. The molecule has 1 spiro atoms. The highest BCUT2D eigenvalue weighted by molar-refractivity contribution is 5.85. The van der Waals surface area contributed by atoms with Gasteiger partial charge in [-0.1, -0.05) is 12.5 Å². The molecule has 2 bridgehead atoms. The average Bonchev–Trinajstić information content (AvgIpc) is 3.24. The van der Waals surface area contributed by atoms with E-state index in [1.165, 1.54) is 14.0 Å². The van der Waals surface area contributed by atoms with Crippen LogP contribution < -0.4 is 9.47 Å². The highest BCUT2D eigenvalue weighted by Crippen LogP contribution is 2.67. The first-order chi connectivity index (χ1) is 18.9. The number of benzene rings is 1. The number of esters is 3. The summed E-state index contributed by atoms with van der Waals surface area (Å²) in [5, 5.41) is 31.3. The molecule has 12 heteroatoms. The molecule has 216 valence electrons. The Balaban J connectivity index is 1.30. The van der Waals surface area contributed by atoms with Crippen LogP contribution in [0.25, 0.3) is 0 Å². The largest absolute Gasteiger partial charge is 0.493 e. The molecule has 5 rings (SSSR count). The van der Waals surface area contributed by atoms with E-state index in [4.69, 9.17) is 24.1 Å². The van der Waals surface area contributed by atoms with Crippen molar-refractivity contribution in [3.8, 4) is 11.5 Å². The van der Waals surface area contributed by atoms with Gasteiger partial charge in [0.25, 0.3) is 0 Å². The van der Waals surface area contributed by atoms with E-state index in [1.807, 2.05) is 12.1 Å². The molecule has 1 saturated carbocycles. The van der Waals surface area contributed by atoms with Crippen LogP contribution in [-0.2, 0) is 45.2 Å². The van der Waals surface area contributed by atoms with Gasteiger partial charge in [0.05, 0.1) is 24.5 Å². The van der Waals surface area contributed by atoms with Gasteiger partial charge in [-0.05, 0) is 63.2 Å². The van der Waals surface area contributed by atoms with Crippen molar-refractivity contribution < 1.29 is 58.2 Å². The molecule has 3 N–H and O–H groups in total. The van der Waals surface area contributed by atoms with Crippen molar-refractivity contribution in [1.29, 1.82) is 0 Å². The zero-order chi connectivity index (χ0) is 29.0. The Bertz CT molecular complexity index is 1290. The highest BCUT2D eigenvalue weighted by atomic mass is 16.6. The van der Waals surface area contributed by atoms with Crippen molar-refractivity contribution >= 4 is 23.9 Å². The van der Waals surface area contributed by atoms with E-state index in [9.17, 15) is 29.4 Å². The lowest BCUT2D eigenvalue weighted by molar-refractivity contribution is -0.177. The quantitative estimate of drug-likeness (QED) is 0.292. The van der Waals surface area contributed by atoms with Crippen molar-refractivity contribution in [3.63, 3.8) is 0 Å². The van der Waals surface area contributed by atoms with Crippen LogP contribution in [0.5, 0.6) is 11.5 Å². The molecule has 3 aliphatic carbocycles. The summed E-state index contributed by atoms with van der Waals surface area (Å²) in [6.07, 6.45) is -1.64. The van der Waals surface area contributed by atoms with Gasteiger partial charge < -0.3 is 39.0 Å².